The third-order valence-corrected chi connectivity index (χ3v) is 7.23. The Hall–Kier alpha value is -4.93. The van der Waals surface area contributed by atoms with Gasteiger partial charge in [-0.1, -0.05) is 13.8 Å². The van der Waals surface area contributed by atoms with Crippen LogP contribution in [0, 0.1) is 0 Å². The summed E-state index contributed by atoms with van der Waals surface area (Å²) in [5.74, 6) is 0.307. The fourth-order valence-corrected chi connectivity index (χ4v) is 4.85. The molecule has 3 aromatic rings. The number of fused-ring (bicyclic) bond motifs is 3. The molecule has 3 aliphatic heterocycles. The number of phenolic OH excluding ortho intramolecular Hbond substituents is 5. The minimum Gasteiger partial charge on any atom is -0.508 e. The molecule has 0 saturated carbocycles. The minimum absolute atomic E-state index is 0.0799. The highest BCUT2D eigenvalue weighted by Crippen LogP contribution is 2.43. The topological polar surface area (TPSA) is 180 Å². The second-order valence-corrected chi connectivity index (χ2v) is 9.99. The van der Waals surface area contributed by atoms with Gasteiger partial charge in [-0.3, -0.25) is 14.4 Å². The second kappa shape index (κ2) is 12.3. The Kier molecular flexibility index (Phi) is 8.79. The molecule has 222 valence electrons. The summed E-state index contributed by atoms with van der Waals surface area (Å²) in [6.07, 6.45) is 2.39. The van der Waals surface area contributed by atoms with Crippen LogP contribution in [0.15, 0.2) is 42.5 Å². The molecule has 0 amide bonds. The molecule has 0 aliphatic carbocycles. The van der Waals surface area contributed by atoms with Gasteiger partial charge in [0.25, 0.3) is 0 Å². The first-order valence-corrected chi connectivity index (χ1v) is 13.5. The summed E-state index contributed by atoms with van der Waals surface area (Å²) in [5.41, 5.74) is 0.410. The zero-order chi connectivity index (χ0) is 30.6. The zero-order valence-electron chi connectivity index (χ0n) is 23.2. The number of hydrogen-bond acceptors (Lipinski definition) is 11. The van der Waals surface area contributed by atoms with E-state index in [-0.39, 0.29) is 81.6 Å². The molecule has 42 heavy (non-hydrogen) atoms. The Labute approximate surface area is 241 Å². The van der Waals surface area contributed by atoms with Gasteiger partial charge in [0, 0.05) is 43.2 Å². The maximum Gasteiger partial charge on any atom is 0.174 e. The molecule has 6 rings (SSSR count). The molecule has 3 heterocycles. The highest BCUT2D eigenvalue weighted by Gasteiger charge is 2.39. The van der Waals surface area contributed by atoms with Crippen LogP contribution in [0.25, 0.3) is 0 Å². The van der Waals surface area contributed by atoms with Crippen molar-refractivity contribution in [1.29, 1.82) is 0 Å². The lowest BCUT2D eigenvalue weighted by molar-refractivity contribution is 0.0343. The molecule has 0 bridgehead atoms. The molecule has 3 aliphatic rings. The largest absolute Gasteiger partial charge is 0.508 e. The van der Waals surface area contributed by atoms with Gasteiger partial charge in [0.05, 0.1) is 25.2 Å². The van der Waals surface area contributed by atoms with E-state index in [4.69, 9.17) is 24.4 Å². The fraction of sp³-hybridized carbons (Fsp3) is 0.323. The number of ether oxygens (including phenoxy) is 3. The number of carbonyl (C=O) groups excluding carboxylic acids is 3. The maximum absolute atomic E-state index is 12.0. The van der Waals surface area contributed by atoms with E-state index in [0.717, 1.165) is 12.1 Å². The van der Waals surface area contributed by atoms with Crippen molar-refractivity contribution in [2.75, 3.05) is 13.2 Å². The summed E-state index contributed by atoms with van der Waals surface area (Å²) in [7, 11) is 0. The van der Waals surface area contributed by atoms with E-state index < -0.39 is 5.60 Å². The van der Waals surface area contributed by atoms with Gasteiger partial charge in [-0.15, -0.1) is 0 Å². The van der Waals surface area contributed by atoms with Crippen molar-refractivity contribution >= 4 is 17.3 Å². The number of rotatable bonds is 2. The summed E-state index contributed by atoms with van der Waals surface area (Å²) in [5, 5.41) is 46.6. The third-order valence-electron chi connectivity index (χ3n) is 7.23. The Morgan fingerprint density at radius 2 is 1.17 bits per heavy atom. The van der Waals surface area contributed by atoms with E-state index in [0.29, 0.717) is 43.8 Å². The Morgan fingerprint density at radius 1 is 0.643 bits per heavy atom. The number of aromatic hydroxyl groups is 5. The van der Waals surface area contributed by atoms with Crippen LogP contribution in [0.1, 0.15) is 77.0 Å². The Balaban J connectivity index is 0.000000147. The van der Waals surface area contributed by atoms with Gasteiger partial charge in [0.2, 0.25) is 0 Å². The zero-order valence-corrected chi connectivity index (χ0v) is 23.2. The van der Waals surface area contributed by atoms with Crippen molar-refractivity contribution in [2.24, 2.45) is 0 Å². The Morgan fingerprint density at radius 3 is 1.79 bits per heavy atom. The van der Waals surface area contributed by atoms with Crippen LogP contribution in [-0.2, 0) is 0 Å². The van der Waals surface area contributed by atoms with Gasteiger partial charge >= 0.3 is 0 Å². The molecule has 0 aromatic heterocycles. The van der Waals surface area contributed by atoms with Gasteiger partial charge in [-0.2, -0.15) is 0 Å². The first-order chi connectivity index (χ1) is 20.0. The van der Waals surface area contributed by atoms with E-state index in [1.165, 1.54) is 24.3 Å². The summed E-state index contributed by atoms with van der Waals surface area (Å²) in [6.45, 7) is 4.64. The van der Waals surface area contributed by atoms with Crippen LogP contribution < -0.4 is 14.2 Å². The van der Waals surface area contributed by atoms with E-state index in [1.807, 2.05) is 13.8 Å². The lowest BCUT2D eigenvalue weighted by Gasteiger charge is -2.36. The van der Waals surface area contributed by atoms with Crippen molar-refractivity contribution in [3.05, 3.63) is 59.2 Å². The molecular formula is C31H32O11. The second-order valence-electron chi connectivity index (χ2n) is 9.99. The molecular weight excluding hydrogens is 548 g/mol. The maximum atomic E-state index is 12.0. The van der Waals surface area contributed by atoms with Crippen molar-refractivity contribution < 1.29 is 54.1 Å². The molecule has 0 saturated heterocycles. The average molecular weight is 581 g/mol. The van der Waals surface area contributed by atoms with E-state index in [1.54, 1.807) is 6.07 Å². The smallest absolute Gasteiger partial charge is 0.174 e. The normalized spacial score (nSPS) is 16.0. The fourth-order valence-electron chi connectivity index (χ4n) is 4.85. The number of phenols is 5. The van der Waals surface area contributed by atoms with Crippen LogP contribution in [-0.4, -0.2) is 61.7 Å². The summed E-state index contributed by atoms with van der Waals surface area (Å²) < 4.78 is 16.1. The lowest BCUT2D eigenvalue weighted by Crippen LogP contribution is -2.40. The quantitative estimate of drug-likeness (QED) is 0.274. The first kappa shape index (κ1) is 30.0. The molecule has 5 N–H and O–H groups in total. The van der Waals surface area contributed by atoms with Gasteiger partial charge in [-0.05, 0) is 25.0 Å². The highest BCUT2D eigenvalue weighted by atomic mass is 16.5. The van der Waals surface area contributed by atoms with Crippen LogP contribution in [0.3, 0.4) is 0 Å². The van der Waals surface area contributed by atoms with E-state index >= 15 is 0 Å². The summed E-state index contributed by atoms with van der Waals surface area (Å²) >= 11 is 0. The number of Topliss-reactive ketones (excluding diaryl/α,β-unsaturated/α-hetero) is 3. The average Bonchev–Trinajstić information content (AvgIpc) is 2.92. The SMILES string of the molecule is CCC1(CC)CC(=O)c2c(O)cc(O)cc2O1.O=C1CCOc2cc(O)cc(O)c21.O=C1CCOc2cc(O)ccc21. The molecule has 0 spiro atoms. The van der Waals surface area contributed by atoms with Crippen molar-refractivity contribution in [3.8, 4) is 46.0 Å². The van der Waals surface area contributed by atoms with Crippen molar-refractivity contribution in [2.45, 2.75) is 51.6 Å². The number of ketones is 3. The number of benzene rings is 3. The minimum atomic E-state index is -0.510. The molecule has 0 fully saturated rings. The van der Waals surface area contributed by atoms with Crippen molar-refractivity contribution in [3.63, 3.8) is 0 Å². The van der Waals surface area contributed by atoms with Gasteiger partial charge < -0.3 is 39.7 Å². The van der Waals surface area contributed by atoms with Crippen LogP contribution in [0.4, 0.5) is 0 Å². The number of hydrogen-bond donors (Lipinski definition) is 5. The first-order valence-electron chi connectivity index (χ1n) is 13.5. The van der Waals surface area contributed by atoms with Gasteiger partial charge in [0.1, 0.15) is 62.7 Å². The molecule has 11 heteroatoms. The molecule has 0 radical (unpaired) electrons. The van der Waals surface area contributed by atoms with E-state index in [9.17, 15) is 29.7 Å². The Bertz CT molecular complexity index is 1520. The molecule has 0 unspecified atom stereocenters. The predicted molar refractivity (Wildman–Crippen MR) is 149 cm³/mol. The van der Waals surface area contributed by atoms with Crippen LogP contribution in [0.2, 0.25) is 0 Å². The summed E-state index contributed by atoms with van der Waals surface area (Å²) in [4.78, 5) is 34.6. The predicted octanol–water partition coefficient (Wildman–Crippen LogP) is 5.04. The van der Waals surface area contributed by atoms with Crippen molar-refractivity contribution in [1.82, 2.24) is 0 Å². The molecule has 0 atom stereocenters. The van der Waals surface area contributed by atoms with Gasteiger partial charge in [-0.25, -0.2) is 0 Å². The summed E-state index contributed by atoms with van der Waals surface area (Å²) in [6, 6.07) is 9.54. The van der Waals surface area contributed by atoms with E-state index in [2.05, 4.69) is 0 Å². The third kappa shape index (κ3) is 6.35. The molecule has 11 nitrogen and oxygen atoms in total. The van der Waals surface area contributed by atoms with Crippen LogP contribution >= 0.6 is 0 Å². The van der Waals surface area contributed by atoms with Crippen LogP contribution in [0.5, 0.6) is 46.0 Å². The lowest BCUT2D eigenvalue weighted by atomic mass is 9.85. The molecule has 3 aromatic carbocycles. The number of carbonyl (C=O) groups is 3. The standard InChI is InChI=1S/C13H16O4.C9H8O4.C9H8O3/c1-3-13(4-2)7-10(16)12-9(15)5-8(14)6-11(12)17-13;10-5-3-7(12)9-6(11)1-2-13-8(9)4-5;10-6-1-2-7-8(11)3-4-12-9(7)5-6/h5-6,14-15H,3-4,7H2,1-2H3;3-4,10,12H,1-2H2;1-2,5,10H,3-4H2. The monoisotopic (exact) mass is 580 g/mol. The highest BCUT2D eigenvalue weighted by molar-refractivity contribution is 6.03. The van der Waals surface area contributed by atoms with Gasteiger partial charge in [0.15, 0.2) is 17.3 Å².